The smallest absolute Gasteiger partial charge is 0.160 e. The molecule has 0 spiro atoms. The predicted molar refractivity (Wildman–Crippen MR) is 92.8 cm³/mol. The van der Waals surface area contributed by atoms with Gasteiger partial charge in [-0.05, 0) is 49.2 Å². The van der Waals surface area contributed by atoms with Gasteiger partial charge < -0.3 is 19.9 Å². The molecule has 0 radical (unpaired) electrons. The van der Waals surface area contributed by atoms with E-state index < -0.39 is 0 Å². The number of hydrogen-bond acceptors (Lipinski definition) is 4. The normalized spacial score (nSPS) is 11.9. The molecule has 4 heteroatoms. The lowest BCUT2D eigenvalue weighted by Gasteiger charge is -2.19. The first kappa shape index (κ1) is 17.2. The molecule has 0 saturated heterocycles. The molecule has 1 atom stereocenters. The maximum absolute atomic E-state index is 6.03. The molecule has 0 heterocycles. The zero-order chi connectivity index (χ0) is 16.8. The van der Waals surface area contributed by atoms with Crippen molar-refractivity contribution >= 4 is 0 Å². The van der Waals surface area contributed by atoms with Crippen molar-refractivity contribution in [3.05, 3.63) is 53.1 Å². The van der Waals surface area contributed by atoms with E-state index in [0.717, 1.165) is 34.8 Å². The monoisotopic (exact) mass is 315 g/mol. The highest BCUT2D eigenvalue weighted by Gasteiger charge is 2.16. The van der Waals surface area contributed by atoms with Crippen LogP contribution in [-0.2, 0) is 6.42 Å². The largest absolute Gasteiger partial charge is 0.496 e. The fraction of sp³-hybridized carbons (Fsp3) is 0.368. The van der Waals surface area contributed by atoms with Crippen LogP contribution < -0.4 is 19.9 Å². The Morgan fingerprint density at radius 2 is 1.52 bits per heavy atom. The molecule has 0 fully saturated rings. The van der Waals surface area contributed by atoms with Crippen LogP contribution in [0.2, 0.25) is 0 Å². The van der Waals surface area contributed by atoms with Crippen LogP contribution in [0.1, 0.15) is 22.6 Å². The Hall–Kier alpha value is -2.20. The number of ether oxygens (including phenoxy) is 3. The van der Waals surface area contributed by atoms with E-state index in [0.29, 0.717) is 6.54 Å². The number of nitrogens with two attached hydrogens (primary N) is 1. The zero-order valence-corrected chi connectivity index (χ0v) is 14.3. The lowest BCUT2D eigenvalue weighted by Crippen LogP contribution is -2.15. The average Bonchev–Trinajstić information content (AvgIpc) is 2.59. The Labute approximate surface area is 138 Å². The Kier molecular flexibility index (Phi) is 5.88. The SMILES string of the molecule is COc1ccc(C)cc1CC(CN)c1ccc(OC)c(OC)c1. The van der Waals surface area contributed by atoms with E-state index in [9.17, 15) is 0 Å². The van der Waals surface area contributed by atoms with E-state index >= 15 is 0 Å². The van der Waals surface area contributed by atoms with Crippen LogP contribution in [-0.4, -0.2) is 27.9 Å². The molecule has 0 aliphatic rings. The molecule has 4 nitrogen and oxygen atoms in total. The lowest BCUT2D eigenvalue weighted by molar-refractivity contribution is 0.354. The molecular weight excluding hydrogens is 290 g/mol. The van der Waals surface area contributed by atoms with Crippen LogP contribution in [0.5, 0.6) is 17.2 Å². The lowest BCUT2D eigenvalue weighted by atomic mass is 9.91. The maximum atomic E-state index is 6.03. The van der Waals surface area contributed by atoms with Gasteiger partial charge in [-0.15, -0.1) is 0 Å². The molecule has 1 unspecified atom stereocenters. The molecule has 0 aromatic heterocycles. The molecule has 124 valence electrons. The molecule has 0 aliphatic carbocycles. The van der Waals surface area contributed by atoms with Gasteiger partial charge in [-0.25, -0.2) is 0 Å². The van der Waals surface area contributed by atoms with Gasteiger partial charge in [0, 0.05) is 5.92 Å². The van der Waals surface area contributed by atoms with Crippen LogP contribution in [0.3, 0.4) is 0 Å². The van der Waals surface area contributed by atoms with Crippen molar-refractivity contribution in [1.82, 2.24) is 0 Å². The van der Waals surface area contributed by atoms with E-state index in [1.807, 2.05) is 24.3 Å². The fourth-order valence-electron chi connectivity index (χ4n) is 2.78. The Morgan fingerprint density at radius 3 is 2.13 bits per heavy atom. The third kappa shape index (κ3) is 3.96. The van der Waals surface area contributed by atoms with Gasteiger partial charge >= 0.3 is 0 Å². The molecular formula is C19H25NO3. The molecule has 0 bridgehead atoms. The molecule has 23 heavy (non-hydrogen) atoms. The summed E-state index contributed by atoms with van der Waals surface area (Å²) in [5.41, 5.74) is 9.54. The standard InChI is InChI=1S/C19H25NO3/c1-13-5-7-17(21-2)15(9-13)10-16(12-20)14-6-8-18(22-3)19(11-14)23-4/h5-9,11,16H,10,12,20H2,1-4H3. The van der Waals surface area contributed by atoms with Crippen molar-refractivity contribution in [2.45, 2.75) is 19.3 Å². The van der Waals surface area contributed by atoms with Crippen LogP contribution in [0.25, 0.3) is 0 Å². The van der Waals surface area contributed by atoms with Crippen molar-refractivity contribution in [2.75, 3.05) is 27.9 Å². The van der Waals surface area contributed by atoms with Gasteiger partial charge in [0.2, 0.25) is 0 Å². The third-order valence-electron chi connectivity index (χ3n) is 4.07. The second-order valence-electron chi connectivity index (χ2n) is 5.57. The Morgan fingerprint density at radius 1 is 0.870 bits per heavy atom. The second-order valence-corrected chi connectivity index (χ2v) is 5.57. The molecule has 0 saturated carbocycles. The molecule has 0 amide bonds. The first-order valence-electron chi connectivity index (χ1n) is 7.68. The molecule has 2 aromatic rings. The number of aryl methyl sites for hydroxylation is 1. The van der Waals surface area contributed by atoms with Gasteiger partial charge in [0.1, 0.15) is 5.75 Å². The first-order valence-corrected chi connectivity index (χ1v) is 7.68. The summed E-state index contributed by atoms with van der Waals surface area (Å²) >= 11 is 0. The van der Waals surface area contributed by atoms with E-state index in [4.69, 9.17) is 19.9 Å². The quantitative estimate of drug-likeness (QED) is 0.852. The number of hydrogen-bond donors (Lipinski definition) is 1. The molecule has 2 aromatic carbocycles. The van der Waals surface area contributed by atoms with Crippen LogP contribution >= 0.6 is 0 Å². The topological polar surface area (TPSA) is 53.7 Å². The summed E-state index contributed by atoms with van der Waals surface area (Å²) in [5.74, 6) is 2.53. The third-order valence-corrected chi connectivity index (χ3v) is 4.07. The van der Waals surface area contributed by atoms with Crippen molar-refractivity contribution in [3.63, 3.8) is 0 Å². The zero-order valence-electron chi connectivity index (χ0n) is 14.3. The number of methoxy groups -OCH3 is 3. The van der Waals surface area contributed by atoms with Gasteiger partial charge in [-0.2, -0.15) is 0 Å². The predicted octanol–water partition coefficient (Wildman–Crippen LogP) is 3.31. The summed E-state index contributed by atoms with van der Waals surface area (Å²) in [4.78, 5) is 0. The Bertz CT molecular complexity index is 655. The molecule has 0 aliphatic heterocycles. The minimum Gasteiger partial charge on any atom is -0.496 e. The Balaban J connectivity index is 2.32. The first-order chi connectivity index (χ1) is 11.1. The van der Waals surface area contributed by atoms with Gasteiger partial charge in [0.25, 0.3) is 0 Å². The maximum Gasteiger partial charge on any atom is 0.160 e. The van der Waals surface area contributed by atoms with Crippen LogP contribution in [0.15, 0.2) is 36.4 Å². The summed E-state index contributed by atoms with van der Waals surface area (Å²) in [6, 6.07) is 12.2. The highest BCUT2D eigenvalue weighted by molar-refractivity contribution is 5.45. The van der Waals surface area contributed by atoms with Crippen LogP contribution in [0.4, 0.5) is 0 Å². The van der Waals surface area contributed by atoms with Gasteiger partial charge in [0.05, 0.1) is 21.3 Å². The van der Waals surface area contributed by atoms with E-state index in [2.05, 4.69) is 19.1 Å². The summed E-state index contributed by atoms with van der Waals surface area (Å²) in [7, 11) is 4.97. The summed E-state index contributed by atoms with van der Waals surface area (Å²) in [6.07, 6.45) is 0.816. The minimum atomic E-state index is 0.186. The minimum absolute atomic E-state index is 0.186. The van der Waals surface area contributed by atoms with E-state index in [-0.39, 0.29) is 5.92 Å². The molecule has 2 rings (SSSR count). The van der Waals surface area contributed by atoms with Gasteiger partial charge in [0.15, 0.2) is 11.5 Å². The van der Waals surface area contributed by atoms with Crippen molar-refractivity contribution < 1.29 is 14.2 Å². The van der Waals surface area contributed by atoms with Gasteiger partial charge in [-0.1, -0.05) is 23.8 Å². The average molecular weight is 315 g/mol. The van der Waals surface area contributed by atoms with Crippen molar-refractivity contribution in [3.8, 4) is 17.2 Å². The van der Waals surface area contributed by atoms with E-state index in [1.165, 1.54) is 5.56 Å². The van der Waals surface area contributed by atoms with Crippen molar-refractivity contribution in [2.24, 2.45) is 5.73 Å². The fourth-order valence-corrected chi connectivity index (χ4v) is 2.78. The van der Waals surface area contributed by atoms with E-state index in [1.54, 1.807) is 21.3 Å². The highest BCUT2D eigenvalue weighted by Crippen LogP contribution is 2.33. The highest BCUT2D eigenvalue weighted by atomic mass is 16.5. The van der Waals surface area contributed by atoms with Gasteiger partial charge in [-0.3, -0.25) is 0 Å². The summed E-state index contributed by atoms with van der Waals surface area (Å²) < 4.78 is 16.2. The summed E-state index contributed by atoms with van der Waals surface area (Å²) in [6.45, 7) is 2.63. The summed E-state index contributed by atoms with van der Waals surface area (Å²) in [5, 5.41) is 0. The second kappa shape index (κ2) is 7.88. The van der Waals surface area contributed by atoms with Crippen LogP contribution in [0, 0.1) is 6.92 Å². The molecule has 2 N–H and O–H groups in total. The number of benzene rings is 2. The van der Waals surface area contributed by atoms with Crippen molar-refractivity contribution in [1.29, 1.82) is 0 Å². The number of rotatable bonds is 7.